The maximum atomic E-state index is 13.3. The molecule has 0 saturated carbocycles. The number of carboxylic acids is 2. The number of aromatic amines is 1. The first-order valence-electron chi connectivity index (χ1n) is 11.9. The van der Waals surface area contributed by atoms with E-state index < -0.39 is 18.0 Å². The van der Waals surface area contributed by atoms with Gasteiger partial charge < -0.3 is 20.4 Å². The Balaban J connectivity index is 1.39. The maximum absolute atomic E-state index is 13.3. The van der Waals surface area contributed by atoms with Crippen LogP contribution in [0.2, 0.25) is 0 Å². The number of aliphatic carboxylic acids is 2. The van der Waals surface area contributed by atoms with Crippen molar-refractivity contribution in [2.45, 2.75) is 12.5 Å². The molecule has 1 unspecified atom stereocenters. The third kappa shape index (κ3) is 6.57. The number of piperazine rings is 1. The Morgan fingerprint density at radius 1 is 1.19 bits per heavy atom. The van der Waals surface area contributed by atoms with E-state index >= 15 is 0 Å². The molecule has 11 heteroatoms. The fourth-order valence-corrected chi connectivity index (χ4v) is 4.49. The van der Waals surface area contributed by atoms with Crippen molar-refractivity contribution < 1.29 is 24.2 Å². The minimum absolute atomic E-state index is 0.113. The molecule has 0 radical (unpaired) electrons. The molecule has 1 aliphatic heterocycles. The van der Waals surface area contributed by atoms with Gasteiger partial charge in [0, 0.05) is 56.1 Å². The number of pyridine rings is 1. The SMILES string of the molecule is CN1CCN(CCCNc2cc(-c3cn[nH]c3-c3ccc(F)cc3)ccn2)C(C(=CC(=O)O)C(=O)O)C1. The molecule has 3 heterocycles. The summed E-state index contributed by atoms with van der Waals surface area (Å²) in [6, 6.07) is 9.48. The Labute approximate surface area is 213 Å². The zero-order valence-electron chi connectivity index (χ0n) is 20.4. The Kier molecular flexibility index (Phi) is 8.26. The van der Waals surface area contributed by atoms with Gasteiger partial charge in [-0.3, -0.25) is 10.00 Å². The van der Waals surface area contributed by atoms with Crippen molar-refractivity contribution in [1.82, 2.24) is 25.0 Å². The quantitative estimate of drug-likeness (QED) is 0.241. The lowest BCUT2D eigenvalue weighted by atomic mass is 10.0. The summed E-state index contributed by atoms with van der Waals surface area (Å²) in [4.78, 5) is 31.3. The van der Waals surface area contributed by atoms with Crippen molar-refractivity contribution >= 4 is 17.8 Å². The van der Waals surface area contributed by atoms with Crippen molar-refractivity contribution in [2.75, 3.05) is 45.1 Å². The Hall–Kier alpha value is -4.09. The minimum atomic E-state index is -1.27. The molecule has 3 aromatic rings. The van der Waals surface area contributed by atoms with Gasteiger partial charge in [-0.05, 0) is 55.4 Å². The minimum Gasteiger partial charge on any atom is -0.478 e. The van der Waals surface area contributed by atoms with E-state index in [2.05, 4.69) is 20.5 Å². The van der Waals surface area contributed by atoms with E-state index in [1.54, 1.807) is 24.5 Å². The first kappa shape index (κ1) is 26.0. The van der Waals surface area contributed by atoms with E-state index in [-0.39, 0.29) is 11.4 Å². The van der Waals surface area contributed by atoms with Gasteiger partial charge in [0.05, 0.1) is 23.5 Å². The number of rotatable bonds is 10. The molecule has 10 nitrogen and oxygen atoms in total. The third-order valence-corrected chi connectivity index (χ3v) is 6.35. The van der Waals surface area contributed by atoms with Crippen LogP contribution in [-0.2, 0) is 9.59 Å². The zero-order chi connectivity index (χ0) is 26.4. The average molecular weight is 509 g/mol. The number of anilines is 1. The number of carboxylic acid groups (broad SMARTS) is 2. The molecule has 1 aliphatic rings. The van der Waals surface area contributed by atoms with Crippen molar-refractivity contribution in [2.24, 2.45) is 0 Å². The van der Waals surface area contributed by atoms with E-state index in [9.17, 15) is 19.1 Å². The van der Waals surface area contributed by atoms with Crippen LogP contribution >= 0.6 is 0 Å². The van der Waals surface area contributed by atoms with Crippen molar-refractivity contribution in [3.63, 3.8) is 0 Å². The number of likely N-dealkylation sites (N-methyl/N-ethyl adjacent to an activating group) is 1. The van der Waals surface area contributed by atoms with Gasteiger partial charge in [-0.1, -0.05) is 0 Å². The number of benzene rings is 1. The number of hydrogen-bond acceptors (Lipinski definition) is 7. The number of aromatic nitrogens is 3. The van der Waals surface area contributed by atoms with Gasteiger partial charge in [0.2, 0.25) is 0 Å². The van der Waals surface area contributed by atoms with Gasteiger partial charge in [0.1, 0.15) is 11.6 Å². The van der Waals surface area contributed by atoms with Gasteiger partial charge in [-0.25, -0.2) is 19.0 Å². The molecule has 1 atom stereocenters. The number of nitrogens with one attached hydrogen (secondary N) is 2. The van der Waals surface area contributed by atoms with Crippen LogP contribution in [0.5, 0.6) is 0 Å². The Bertz CT molecular complexity index is 1280. The number of nitrogens with zero attached hydrogens (tertiary/aromatic N) is 4. The Morgan fingerprint density at radius 3 is 2.70 bits per heavy atom. The molecule has 0 bridgehead atoms. The molecule has 0 aliphatic carbocycles. The highest BCUT2D eigenvalue weighted by atomic mass is 19.1. The van der Waals surface area contributed by atoms with E-state index in [0.29, 0.717) is 38.4 Å². The number of carbonyl (C=O) groups is 2. The molecule has 37 heavy (non-hydrogen) atoms. The van der Waals surface area contributed by atoms with Crippen molar-refractivity contribution in [1.29, 1.82) is 0 Å². The van der Waals surface area contributed by atoms with Gasteiger partial charge in [0.15, 0.2) is 0 Å². The first-order valence-corrected chi connectivity index (χ1v) is 11.9. The molecule has 1 saturated heterocycles. The summed E-state index contributed by atoms with van der Waals surface area (Å²) >= 11 is 0. The summed E-state index contributed by atoms with van der Waals surface area (Å²) in [5.41, 5.74) is 3.25. The summed E-state index contributed by atoms with van der Waals surface area (Å²) in [5.74, 6) is -2.11. The predicted molar refractivity (Wildman–Crippen MR) is 137 cm³/mol. The number of hydrogen-bond donors (Lipinski definition) is 4. The molecule has 194 valence electrons. The van der Waals surface area contributed by atoms with Crippen LogP contribution in [-0.4, -0.2) is 92.9 Å². The summed E-state index contributed by atoms with van der Waals surface area (Å²) in [6.45, 7) is 3.06. The summed E-state index contributed by atoms with van der Waals surface area (Å²) in [6.07, 6.45) is 4.92. The second kappa shape index (κ2) is 11.8. The van der Waals surface area contributed by atoms with Crippen LogP contribution in [0.3, 0.4) is 0 Å². The lowest BCUT2D eigenvalue weighted by molar-refractivity contribution is -0.136. The highest BCUT2D eigenvalue weighted by Gasteiger charge is 2.31. The second-order valence-electron chi connectivity index (χ2n) is 8.93. The third-order valence-electron chi connectivity index (χ3n) is 6.35. The second-order valence-corrected chi connectivity index (χ2v) is 8.93. The van der Waals surface area contributed by atoms with Gasteiger partial charge in [-0.2, -0.15) is 5.10 Å². The van der Waals surface area contributed by atoms with E-state index in [4.69, 9.17) is 5.11 Å². The zero-order valence-corrected chi connectivity index (χ0v) is 20.4. The van der Waals surface area contributed by atoms with Gasteiger partial charge in [-0.15, -0.1) is 0 Å². The van der Waals surface area contributed by atoms with Crippen LogP contribution in [0.25, 0.3) is 22.4 Å². The molecule has 1 aromatic carbocycles. The van der Waals surface area contributed by atoms with Crippen LogP contribution in [0.1, 0.15) is 6.42 Å². The molecule has 4 rings (SSSR count). The normalized spacial score (nSPS) is 17.0. The fraction of sp³-hybridized carbons (Fsp3) is 0.308. The smallest absolute Gasteiger partial charge is 0.333 e. The maximum Gasteiger partial charge on any atom is 0.333 e. The average Bonchev–Trinajstić information content (AvgIpc) is 3.36. The van der Waals surface area contributed by atoms with Gasteiger partial charge in [0.25, 0.3) is 0 Å². The monoisotopic (exact) mass is 508 g/mol. The van der Waals surface area contributed by atoms with E-state index in [1.165, 1.54) is 12.1 Å². The number of H-pyrrole nitrogens is 1. The molecule has 1 fully saturated rings. The molecular weight excluding hydrogens is 479 g/mol. The van der Waals surface area contributed by atoms with Gasteiger partial charge >= 0.3 is 11.9 Å². The molecular formula is C26H29FN6O4. The van der Waals surface area contributed by atoms with E-state index in [1.807, 2.05) is 29.0 Å². The Morgan fingerprint density at radius 2 is 1.97 bits per heavy atom. The fourth-order valence-electron chi connectivity index (χ4n) is 4.49. The van der Waals surface area contributed by atoms with Crippen molar-refractivity contribution in [3.05, 3.63) is 66.3 Å². The molecule has 0 spiro atoms. The van der Waals surface area contributed by atoms with Crippen LogP contribution < -0.4 is 5.32 Å². The standard InChI is InChI=1S/C26H29FN6O4/c1-32-11-12-33(22(16-32)20(26(36)37)14-24(34)35)10-2-8-28-23-13-18(7-9-29-23)21-15-30-31-25(21)17-3-5-19(27)6-4-17/h3-7,9,13-15,22H,2,8,10-12,16H2,1H3,(H,28,29)(H,30,31)(H,34,35)(H,36,37). The summed E-state index contributed by atoms with van der Waals surface area (Å²) in [7, 11) is 1.90. The molecule has 2 aromatic heterocycles. The summed E-state index contributed by atoms with van der Waals surface area (Å²) < 4.78 is 13.3. The lowest BCUT2D eigenvalue weighted by Crippen LogP contribution is -2.54. The highest BCUT2D eigenvalue weighted by Crippen LogP contribution is 2.31. The predicted octanol–water partition coefficient (Wildman–Crippen LogP) is 2.79. The van der Waals surface area contributed by atoms with Crippen LogP contribution in [0.4, 0.5) is 10.2 Å². The number of halogens is 1. The molecule has 4 N–H and O–H groups in total. The molecule has 0 amide bonds. The van der Waals surface area contributed by atoms with Crippen LogP contribution in [0.15, 0.2) is 60.4 Å². The topological polar surface area (TPSA) is 135 Å². The van der Waals surface area contributed by atoms with Crippen molar-refractivity contribution in [3.8, 4) is 22.4 Å². The largest absolute Gasteiger partial charge is 0.478 e. The van der Waals surface area contributed by atoms with E-state index in [0.717, 1.165) is 35.0 Å². The first-order chi connectivity index (χ1) is 17.8. The van der Waals surface area contributed by atoms with Crippen LogP contribution in [0, 0.1) is 5.82 Å². The lowest BCUT2D eigenvalue weighted by Gasteiger charge is -2.40. The highest BCUT2D eigenvalue weighted by molar-refractivity contribution is 5.95. The summed E-state index contributed by atoms with van der Waals surface area (Å²) in [5, 5.41) is 29.2.